The zero-order valence-corrected chi connectivity index (χ0v) is 11.8. The number of methoxy groups -OCH3 is 1. The van der Waals surface area contributed by atoms with Crippen LogP contribution in [0.2, 0.25) is 0 Å². The topological polar surface area (TPSA) is 72.6 Å². The van der Waals surface area contributed by atoms with Crippen LogP contribution in [0.1, 0.15) is 6.42 Å². The molecule has 0 amide bonds. The maximum Gasteiger partial charge on any atom is 0.256 e. The molecule has 98 valence electrons. The van der Waals surface area contributed by atoms with Gasteiger partial charge in [-0.05, 0) is 17.9 Å². The van der Waals surface area contributed by atoms with Crippen LogP contribution in [0.15, 0.2) is 15.7 Å². The minimum Gasteiger partial charge on any atom is -0.494 e. The van der Waals surface area contributed by atoms with E-state index in [1.807, 2.05) is 0 Å². The normalized spacial score (nSPS) is 21.2. The molecule has 1 aromatic heterocycles. The van der Waals surface area contributed by atoms with Crippen LogP contribution in [0, 0.1) is 0 Å². The number of thiophene rings is 1. The molecule has 8 heteroatoms. The van der Waals surface area contributed by atoms with Crippen molar-refractivity contribution in [2.75, 3.05) is 20.2 Å². The van der Waals surface area contributed by atoms with Crippen molar-refractivity contribution in [1.29, 1.82) is 0 Å². The van der Waals surface area contributed by atoms with Gasteiger partial charge in [-0.25, -0.2) is 8.42 Å². The molecule has 1 fully saturated rings. The number of nitrogens with two attached hydrogens (primary N) is 1. The lowest BCUT2D eigenvalue weighted by Crippen LogP contribution is -2.31. The number of hydrogen-bond acceptors (Lipinski definition) is 5. The summed E-state index contributed by atoms with van der Waals surface area (Å²) in [6.45, 7) is 0.883. The van der Waals surface area contributed by atoms with Crippen molar-refractivity contribution in [3.63, 3.8) is 0 Å². The van der Waals surface area contributed by atoms with E-state index < -0.39 is 10.0 Å². The van der Waals surface area contributed by atoms with Gasteiger partial charge in [-0.2, -0.15) is 4.31 Å². The molecule has 2 heterocycles. The summed E-state index contributed by atoms with van der Waals surface area (Å²) >= 11 is 1.17. The maximum absolute atomic E-state index is 12.2. The minimum absolute atomic E-state index is 0. The van der Waals surface area contributed by atoms with Crippen molar-refractivity contribution in [1.82, 2.24) is 4.31 Å². The zero-order chi connectivity index (χ0) is 11.8. The van der Waals surface area contributed by atoms with E-state index in [1.54, 1.807) is 11.4 Å². The summed E-state index contributed by atoms with van der Waals surface area (Å²) in [6.07, 6.45) is 0.715. The van der Waals surface area contributed by atoms with Gasteiger partial charge in [-0.3, -0.25) is 0 Å². The van der Waals surface area contributed by atoms with Gasteiger partial charge in [0.2, 0.25) is 0 Å². The van der Waals surface area contributed by atoms with Crippen LogP contribution in [0.5, 0.6) is 5.75 Å². The predicted octanol–water partition coefficient (Wildman–Crippen LogP) is 0.900. The Labute approximate surface area is 111 Å². The third-order valence-electron chi connectivity index (χ3n) is 2.58. The zero-order valence-electron chi connectivity index (χ0n) is 9.33. The Hall–Kier alpha value is -0.340. The number of halogens is 1. The summed E-state index contributed by atoms with van der Waals surface area (Å²) in [7, 11) is -1.96. The molecule has 1 aromatic rings. The molecule has 0 aliphatic carbocycles. The first-order chi connectivity index (χ1) is 7.55. The van der Waals surface area contributed by atoms with E-state index in [0.717, 1.165) is 0 Å². The number of sulfonamides is 1. The highest BCUT2D eigenvalue weighted by molar-refractivity contribution is 7.91. The summed E-state index contributed by atoms with van der Waals surface area (Å²) in [5.41, 5.74) is 5.71. The average Bonchev–Trinajstić information content (AvgIpc) is 2.85. The minimum atomic E-state index is -3.42. The molecule has 17 heavy (non-hydrogen) atoms. The van der Waals surface area contributed by atoms with Gasteiger partial charge in [0.1, 0.15) is 5.75 Å². The molecule has 0 spiro atoms. The van der Waals surface area contributed by atoms with Crippen molar-refractivity contribution in [3.05, 3.63) is 11.4 Å². The van der Waals surface area contributed by atoms with Gasteiger partial charge in [0, 0.05) is 19.1 Å². The van der Waals surface area contributed by atoms with Gasteiger partial charge in [-0.15, -0.1) is 23.7 Å². The molecule has 0 bridgehead atoms. The Morgan fingerprint density at radius 3 is 2.82 bits per heavy atom. The number of hydrogen-bond donors (Lipinski definition) is 1. The van der Waals surface area contributed by atoms with E-state index in [9.17, 15) is 8.42 Å². The van der Waals surface area contributed by atoms with E-state index in [4.69, 9.17) is 10.5 Å². The highest BCUT2D eigenvalue weighted by Gasteiger charge is 2.33. The van der Waals surface area contributed by atoms with E-state index in [0.29, 0.717) is 25.3 Å². The molecule has 0 radical (unpaired) electrons. The number of ether oxygens (including phenoxy) is 1. The summed E-state index contributed by atoms with van der Waals surface area (Å²) < 4.78 is 31.2. The third kappa shape index (κ3) is 2.74. The highest BCUT2D eigenvalue weighted by Crippen LogP contribution is 2.33. The Kier molecular flexibility index (Phi) is 4.79. The van der Waals surface area contributed by atoms with Gasteiger partial charge < -0.3 is 10.5 Å². The van der Waals surface area contributed by atoms with Crippen LogP contribution >= 0.6 is 23.7 Å². The molecule has 1 aliphatic rings. The van der Waals surface area contributed by atoms with E-state index >= 15 is 0 Å². The molecule has 2 N–H and O–H groups in total. The van der Waals surface area contributed by atoms with Gasteiger partial charge in [0.15, 0.2) is 4.21 Å². The first-order valence-corrected chi connectivity index (χ1v) is 7.25. The average molecular weight is 299 g/mol. The summed E-state index contributed by atoms with van der Waals surface area (Å²) in [5, 5.41) is 1.71. The molecular formula is C9H15ClN2O3S2. The summed E-state index contributed by atoms with van der Waals surface area (Å²) in [4.78, 5) is 0. The molecule has 0 unspecified atom stereocenters. The molecular weight excluding hydrogens is 284 g/mol. The monoisotopic (exact) mass is 298 g/mol. The molecule has 5 nitrogen and oxygen atoms in total. The molecule has 2 rings (SSSR count). The SMILES string of the molecule is COc1ccsc1S(=O)(=O)N1CC[C@@H](N)C1.Cl. The van der Waals surface area contributed by atoms with E-state index in [1.165, 1.54) is 22.8 Å². The van der Waals surface area contributed by atoms with Crippen molar-refractivity contribution < 1.29 is 13.2 Å². The van der Waals surface area contributed by atoms with Crippen molar-refractivity contribution in [3.8, 4) is 5.75 Å². The van der Waals surface area contributed by atoms with Crippen molar-refractivity contribution >= 4 is 33.8 Å². The largest absolute Gasteiger partial charge is 0.494 e. The fourth-order valence-electron chi connectivity index (χ4n) is 1.71. The van der Waals surface area contributed by atoms with Gasteiger partial charge in [0.25, 0.3) is 10.0 Å². The molecule has 0 aromatic carbocycles. The Balaban J connectivity index is 0.00000144. The maximum atomic E-state index is 12.2. The van der Waals surface area contributed by atoms with E-state index in [-0.39, 0.29) is 22.7 Å². The first-order valence-electron chi connectivity index (χ1n) is 4.93. The number of rotatable bonds is 3. The molecule has 1 saturated heterocycles. The van der Waals surface area contributed by atoms with Crippen LogP contribution in [0.25, 0.3) is 0 Å². The van der Waals surface area contributed by atoms with Crippen molar-refractivity contribution in [2.45, 2.75) is 16.7 Å². The third-order valence-corrected chi connectivity index (χ3v) is 5.87. The van der Waals surface area contributed by atoms with Crippen LogP contribution in [-0.2, 0) is 10.0 Å². The second-order valence-corrected chi connectivity index (χ2v) is 6.74. The quantitative estimate of drug-likeness (QED) is 0.900. The Morgan fingerprint density at radius 2 is 2.29 bits per heavy atom. The van der Waals surface area contributed by atoms with Gasteiger partial charge in [0.05, 0.1) is 7.11 Å². The highest BCUT2D eigenvalue weighted by atomic mass is 35.5. The fraction of sp³-hybridized carbons (Fsp3) is 0.556. The summed E-state index contributed by atoms with van der Waals surface area (Å²) in [6, 6.07) is 1.61. The lowest BCUT2D eigenvalue weighted by Gasteiger charge is -2.15. The molecule has 1 atom stereocenters. The summed E-state index contributed by atoms with van der Waals surface area (Å²) in [5.74, 6) is 0.408. The predicted molar refractivity (Wildman–Crippen MR) is 69.5 cm³/mol. The lowest BCUT2D eigenvalue weighted by molar-refractivity contribution is 0.402. The standard InChI is InChI=1S/C9H14N2O3S2.ClH/c1-14-8-3-5-15-9(8)16(12,13)11-4-2-7(10)6-11;/h3,5,7H,2,4,6,10H2,1H3;1H/t7-;/m1./s1. The van der Waals surface area contributed by atoms with Crippen molar-refractivity contribution in [2.24, 2.45) is 5.73 Å². The molecule has 0 saturated carbocycles. The second kappa shape index (κ2) is 5.53. The van der Waals surface area contributed by atoms with Crippen LogP contribution in [0.4, 0.5) is 0 Å². The van der Waals surface area contributed by atoms with Gasteiger partial charge in [-0.1, -0.05) is 0 Å². The second-order valence-electron chi connectivity index (χ2n) is 3.69. The smallest absolute Gasteiger partial charge is 0.256 e. The number of nitrogens with zero attached hydrogens (tertiary/aromatic N) is 1. The van der Waals surface area contributed by atoms with E-state index in [2.05, 4.69) is 0 Å². The lowest BCUT2D eigenvalue weighted by atomic mass is 10.3. The first kappa shape index (κ1) is 14.7. The van der Waals surface area contributed by atoms with Crippen LogP contribution in [0.3, 0.4) is 0 Å². The van der Waals surface area contributed by atoms with Crippen LogP contribution < -0.4 is 10.5 Å². The molecule has 1 aliphatic heterocycles. The Bertz CT molecular complexity index is 474. The fourth-order valence-corrected chi connectivity index (χ4v) is 4.64. The van der Waals surface area contributed by atoms with Crippen LogP contribution in [-0.4, -0.2) is 39.0 Å². The van der Waals surface area contributed by atoms with Gasteiger partial charge >= 0.3 is 0 Å². The Morgan fingerprint density at radius 1 is 1.59 bits per heavy atom.